The Morgan fingerprint density at radius 3 is 2.33 bits per heavy atom. The van der Waals surface area contributed by atoms with E-state index in [2.05, 4.69) is 0 Å². The predicted molar refractivity (Wildman–Crippen MR) is 53.2 cm³/mol. The third-order valence-corrected chi connectivity index (χ3v) is 2.13. The Hall–Kier alpha value is -1.16. The number of hydrogen-bond donors (Lipinski definition) is 1. The maximum Gasteiger partial charge on any atom is 0.264 e. The lowest BCUT2D eigenvalue weighted by Gasteiger charge is -2.23. The van der Waals surface area contributed by atoms with Crippen LogP contribution in [0.4, 0.5) is 8.78 Å². The topological polar surface area (TPSA) is 29.5 Å². The Morgan fingerprint density at radius 2 is 1.93 bits per heavy atom. The first-order chi connectivity index (χ1) is 6.88. The molecule has 1 aromatic rings. The zero-order valence-corrected chi connectivity index (χ0v) is 8.92. The van der Waals surface area contributed by atoms with Gasteiger partial charge in [-0.15, -0.1) is 0 Å². The summed E-state index contributed by atoms with van der Waals surface area (Å²) in [6.45, 7) is 2.91. The van der Waals surface area contributed by atoms with Crippen molar-refractivity contribution in [3.8, 4) is 5.75 Å². The van der Waals surface area contributed by atoms with Gasteiger partial charge in [0.25, 0.3) is 6.43 Å². The van der Waals surface area contributed by atoms with Crippen molar-refractivity contribution in [1.29, 1.82) is 0 Å². The van der Waals surface area contributed by atoms with Gasteiger partial charge in [0.05, 0.1) is 12.7 Å². The summed E-state index contributed by atoms with van der Waals surface area (Å²) in [6.07, 6.45) is -2.62. The van der Waals surface area contributed by atoms with Crippen LogP contribution in [-0.4, -0.2) is 12.2 Å². The van der Waals surface area contributed by atoms with Gasteiger partial charge in [0.1, 0.15) is 5.75 Å². The Labute approximate surface area is 87.5 Å². The number of rotatable bonds is 3. The van der Waals surface area contributed by atoms with Crippen LogP contribution in [0.15, 0.2) is 18.2 Å². The second kappa shape index (κ2) is 4.14. The van der Waals surface area contributed by atoms with Crippen molar-refractivity contribution in [2.45, 2.75) is 25.9 Å². The molecule has 0 heterocycles. The monoisotopic (exact) mass is 216 g/mol. The molecule has 0 bridgehead atoms. The van der Waals surface area contributed by atoms with Crippen molar-refractivity contribution in [3.63, 3.8) is 0 Å². The van der Waals surface area contributed by atoms with E-state index in [1.54, 1.807) is 6.07 Å². The van der Waals surface area contributed by atoms with E-state index in [1.165, 1.54) is 33.1 Å². The minimum absolute atomic E-state index is 0.141. The van der Waals surface area contributed by atoms with Crippen molar-refractivity contribution in [2.75, 3.05) is 7.11 Å². The Kier molecular flexibility index (Phi) is 3.29. The first-order valence-electron chi connectivity index (χ1n) is 4.56. The lowest BCUT2D eigenvalue weighted by atomic mass is 9.92. The van der Waals surface area contributed by atoms with Crippen LogP contribution in [-0.2, 0) is 5.60 Å². The zero-order chi connectivity index (χ0) is 11.6. The fraction of sp³-hybridized carbons (Fsp3) is 0.455. The number of benzene rings is 1. The molecule has 0 saturated carbocycles. The molecule has 1 N–H and O–H groups in total. The highest BCUT2D eigenvalue weighted by molar-refractivity contribution is 5.44. The summed E-state index contributed by atoms with van der Waals surface area (Å²) in [4.78, 5) is 0. The quantitative estimate of drug-likeness (QED) is 0.841. The molecule has 0 radical (unpaired) electrons. The molecular weight excluding hydrogens is 202 g/mol. The second-order valence-electron chi connectivity index (χ2n) is 3.78. The fourth-order valence-electron chi connectivity index (χ4n) is 1.55. The molecule has 0 saturated heterocycles. The van der Waals surface area contributed by atoms with Crippen molar-refractivity contribution < 1.29 is 18.6 Å². The van der Waals surface area contributed by atoms with Gasteiger partial charge in [-0.2, -0.15) is 0 Å². The Balaban J connectivity index is 3.41. The first-order valence-corrected chi connectivity index (χ1v) is 4.56. The normalized spacial score (nSPS) is 11.9. The summed E-state index contributed by atoms with van der Waals surface area (Å²) in [5.74, 6) is 0.278. The second-order valence-corrected chi connectivity index (χ2v) is 3.78. The molecule has 0 aliphatic heterocycles. The smallest absolute Gasteiger partial charge is 0.264 e. The van der Waals surface area contributed by atoms with Gasteiger partial charge in [-0.3, -0.25) is 0 Å². The molecule has 0 unspecified atom stereocenters. The van der Waals surface area contributed by atoms with E-state index in [9.17, 15) is 13.9 Å². The van der Waals surface area contributed by atoms with Gasteiger partial charge in [0, 0.05) is 11.1 Å². The van der Waals surface area contributed by atoms with Crippen LogP contribution in [0, 0.1) is 0 Å². The van der Waals surface area contributed by atoms with Crippen molar-refractivity contribution in [1.82, 2.24) is 0 Å². The molecule has 0 fully saturated rings. The zero-order valence-electron chi connectivity index (χ0n) is 8.92. The highest BCUT2D eigenvalue weighted by Crippen LogP contribution is 2.37. The maximum atomic E-state index is 12.7. The third-order valence-electron chi connectivity index (χ3n) is 2.13. The standard InChI is InChI=1S/C11H14F2O2/c1-11(2,14)9-7(10(12)13)5-4-6-8(9)15-3/h4-6,10,14H,1-3H3. The minimum Gasteiger partial charge on any atom is -0.496 e. The molecule has 84 valence electrons. The van der Waals surface area contributed by atoms with E-state index in [-0.39, 0.29) is 16.9 Å². The molecule has 1 aromatic carbocycles. The number of methoxy groups -OCH3 is 1. The van der Waals surface area contributed by atoms with Crippen LogP contribution in [0.1, 0.15) is 31.4 Å². The highest BCUT2D eigenvalue weighted by atomic mass is 19.3. The summed E-state index contributed by atoms with van der Waals surface area (Å²) in [7, 11) is 1.39. The Bertz CT molecular complexity index is 343. The van der Waals surface area contributed by atoms with Crippen LogP contribution in [0.5, 0.6) is 5.75 Å². The summed E-state index contributed by atoms with van der Waals surface area (Å²) >= 11 is 0. The van der Waals surface area contributed by atoms with E-state index < -0.39 is 12.0 Å². The van der Waals surface area contributed by atoms with E-state index in [0.717, 1.165) is 0 Å². The molecule has 0 atom stereocenters. The van der Waals surface area contributed by atoms with E-state index in [0.29, 0.717) is 0 Å². The van der Waals surface area contributed by atoms with Crippen LogP contribution in [0.3, 0.4) is 0 Å². The fourth-order valence-corrected chi connectivity index (χ4v) is 1.55. The number of alkyl halides is 2. The molecule has 0 aliphatic rings. The lowest BCUT2D eigenvalue weighted by molar-refractivity contribution is 0.0670. The van der Waals surface area contributed by atoms with Gasteiger partial charge in [0.2, 0.25) is 0 Å². The lowest BCUT2D eigenvalue weighted by Crippen LogP contribution is -2.19. The molecule has 0 aliphatic carbocycles. The molecule has 0 amide bonds. The van der Waals surface area contributed by atoms with Crippen molar-refractivity contribution in [3.05, 3.63) is 29.3 Å². The highest BCUT2D eigenvalue weighted by Gasteiger charge is 2.27. The number of ether oxygens (including phenoxy) is 1. The molecule has 0 aromatic heterocycles. The van der Waals surface area contributed by atoms with Crippen LogP contribution in [0.2, 0.25) is 0 Å². The predicted octanol–water partition coefficient (Wildman–Crippen LogP) is 2.86. The van der Waals surface area contributed by atoms with Gasteiger partial charge < -0.3 is 9.84 Å². The Morgan fingerprint density at radius 1 is 1.33 bits per heavy atom. The third kappa shape index (κ3) is 2.45. The molecule has 2 nitrogen and oxygen atoms in total. The summed E-state index contributed by atoms with van der Waals surface area (Å²) in [6, 6.07) is 4.33. The van der Waals surface area contributed by atoms with E-state index in [1.807, 2.05) is 0 Å². The van der Waals surface area contributed by atoms with E-state index in [4.69, 9.17) is 4.74 Å². The number of hydrogen-bond acceptors (Lipinski definition) is 2. The molecule has 4 heteroatoms. The molecule has 15 heavy (non-hydrogen) atoms. The van der Waals surface area contributed by atoms with E-state index >= 15 is 0 Å². The molecular formula is C11H14F2O2. The van der Waals surface area contributed by atoms with Crippen molar-refractivity contribution >= 4 is 0 Å². The summed E-state index contributed by atoms with van der Waals surface area (Å²) in [5.41, 5.74) is -1.40. The summed E-state index contributed by atoms with van der Waals surface area (Å²) < 4.78 is 30.4. The van der Waals surface area contributed by atoms with Gasteiger partial charge in [-0.05, 0) is 19.9 Å². The first kappa shape index (κ1) is 11.9. The SMILES string of the molecule is COc1cccc(C(F)F)c1C(C)(C)O. The molecule has 0 spiro atoms. The van der Waals surface area contributed by atoms with Gasteiger partial charge >= 0.3 is 0 Å². The number of aliphatic hydroxyl groups is 1. The average Bonchev–Trinajstić information content (AvgIpc) is 2.15. The van der Waals surface area contributed by atoms with Crippen LogP contribution >= 0.6 is 0 Å². The van der Waals surface area contributed by atoms with Gasteiger partial charge in [-0.25, -0.2) is 8.78 Å². The van der Waals surface area contributed by atoms with Gasteiger partial charge in [-0.1, -0.05) is 12.1 Å². The van der Waals surface area contributed by atoms with Crippen LogP contribution in [0.25, 0.3) is 0 Å². The minimum atomic E-state index is -2.62. The number of halogens is 2. The largest absolute Gasteiger partial charge is 0.496 e. The van der Waals surface area contributed by atoms with Crippen LogP contribution < -0.4 is 4.74 Å². The average molecular weight is 216 g/mol. The maximum absolute atomic E-state index is 12.7. The van der Waals surface area contributed by atoms with Crippen molar-refractivity contribution in [2.24, 2.45) is 0 Å². The van der Waals surface area contributed by atoms with Gasteiger partial charge in [0.15, 0.2) is 0 Å². The molecule has 1 rings (SSSR count). The summed E-state index contributed by atoms with van der Waals surface area (Å²) in [5, 5.41) is 9.82.